The number of halogens is 1. The zero-order chi connectivity index (χ0) is 15.8. The molecule has 1 saturated carbocycles. The van der Waals surface area contributed by atoms with E-state index in [4.69, 9.17) is 11.6 Å². The van der Waals surface area contributed by atoms with Crippen LogP contribution in [0.5, 0.6) is 0 Å². The molecular formula is C14H9ClN6S2. The quantitative estimate of drug-likeness (QED) is 0.703. The highest BCUT2D eigenvalue weighted by Gasteiger charge is 2.31. The second-order valence-corrected chi connectivity index (χ2v) is 7.37. The molecule has 3 aromatic rings. The Morgan fingerprint density at radius 2 is 2.26 bits per heavy atom. The molecule has 23 heavy (non-hydrogen) atoms. The largest absolute Gasteiger partial charge is 0.299 e. The van der Waals surface area contributed by atoms with Crippen LogP contribution < -0.4 is 0 Å². The normalized spacial score (nSPS) is 13.9. The van der Waals surface area contributed by atoms with E-state index in [1.165, 1.54) is 23.3 Å². The van der Waals surface area contributed by atoms with Gasteiger partial charge in [0.25, 0.3) is 0 Å². The minimum Gasteiger partial charge on any atom is -0.299 e. The van der Waals surface area contributed by atoms with Gasteiger partial charge in [0, 0.05) is 24.0 Å². The molecule has 1 aliphatic carbocycles. The summed E-state index contributed by atoms with van der Waals surface area (Å²) in [6.07, 6.45) is 5.72. The van der Waals surface area contributed by atoms with E-state index >= 15 is 0 Å². The van der Waals surface area contributed by atoms with E-state index in [2.05, 4.69) is 30.2 Å². The summed E-state index contributed by atoms with van der Waals surface area (Å²) >= 11 is 8.53. The van der Waals surface area contributed by atoms with E-state index in [1.54, 1.807) is 12.4 Å². The first-order valence-electron chi connectivity index (χ1n) is 6.86. The minimum atomic E-state index is 0.241. The van der Waals surface area contributed by atoms with Gasteiger partial charge in [-0.05, 0) is 48.3 Å². The smallest absolute Gasteiger partial charge is 0.197 e. The lowest BCUT2D eigenvalue weighted by Gasteiger charge is -2.07. The maximum absolute atomic E-state index is 9.21. The molecule has 1 fully saturated rings. The number of nitriles is 1. The summed E-state index contributed by atoms with van der Waals surface area (Å²) in [5, 5.41) is 18.8. The summed E-state index contributed by atoms with van der Waals surface area (Å²) in [5.74, 6) is 0.803. The van der Waals surface area contributed by atoms with Crippen molar-refractivity contribution in [3.63, 3.8) is 0 Å². The van der Waals surface area contributed by atoms with Crippen LogP contribution >= 0.6 is 34.9 Å². The molecule has 0 bridgehead atoms. The molecule has 3 aromatic heterocycles. The monoisotopic (exact) mass is 360 g/mol. The number of pyridine rings is 1. The van der Waals surface area contributed by atoms with E-state index in [1.807, 2.05) is 12.1 Å². The Morgan fingerprint density at radius 3 is 2.96 bits per heavy atom. The van der Waals surface area contributed by atoms with Gasteiger partial charge in [0.15, 0.2) is 16.1 Å². The zero-order valence-electron chi connectivity index (χ0n) is 11.7. The molecule has 114 valence electrons. The molecule has 1 aliphatic rings. The highest BCUT2D eigenvalue weighted by molar-refractivity contribution is 8.01. The van der Waals surface area contributed by atoms with Crippen LogP contribution in [-0.2, 0) is 0 Å². The lowest BCUT2D eigenvalue weighted by molar-refractivity contribution is 0.669. The maximum Gasteiger partial charge on any atom is 0.197 e. The van der Waals surface area contributed by atoms with Gasteiger partial charge in [-0.25, -0.2) is 0 Å². The van der Waals surface area contributed by atoms with Crippen LogP contribution in [0.1, 0.15) is 24.4 Å². The fraction of sp³-hybridized carbons (Fsp3) is 0.214. The lowest BCUT2D eigenvalue weighted by Crippen LogP contribution is -1.99. The van der Waals surface area contributed by atoms with Crippen LogP contribution in [0.3, 0.4) is 0 Å². The van der Waals surface area contributed by atoms with E-state index in [9.17, 15) is 5.26 Å². The molecule has 0 radical (unpaired) electrons. The number of rotatable bonds is 4. The van der Waals surface area contributed by atoms with Crippen LogP contribution in [0.15, 0.2) is 33.9 Å². The molecule has 0 N–H and O–H groups in total. The topological polar surface area (TPSA) is 80.3 Å². The molecule has 0 saturated heterocycles. The lowest BCUT2D eigenvalue weighted by atomic mass is 10.3. The minimum absolute atomic E-state index is 0.241. The number of hydrogen-bond donors (Lipinski definition) is 0. The van der Waals surface area contributed by atoms with Crippen LogP contribution in [0.25, 0.3) is 11.4 Å². The second kappa shape index (κ2) is 5.92. The summed E-state index contributed by atoms with van der Waals surface area (Å²) in [7, 11) is 0. The molecule has 3 heterocycles. The first kappa shape index (κ1) is 14.6. The Bertz CT molecular complexity index is 894. The highest BCUT2D eigenvalue weighted by Crippen LogP contribution is 2.44. The number of nitrogens with zero attached hydrogens (tertiary/aromatic N) is 6. The van der Waals surface area contributed by atoms with Gasteiger partial charge in [0.2, 0.25) is 0 Å². The third kappa shape index (κ3) is 2.72. The van der Waals surface area contributed by atoms with Crippen molar-refractivity contribution in [2.24, 2.45) is 0 Å². The molecular weight excluding hydrogens is 352 g/mol. The van der Waals surface area contributed by atoms with Crippen molar-refractivity contribution >= 4 is 34.9 Å². The Hall–Kier alpha value is -1.95. The third-order valence-electron chi connectivity index (χ3n) is 3.41. The van der Waals surface area contributed by atoms with Crippen molar-refractivity contribution in [3.05, 3.63) is 35.2 Å². The average molecular weight is 361 g/mol. The fourth-order valence-electron chi connectivity index (χ4n) is 2.20. The molecule has 0 aliphatic heterocycles. The van der Waals surface area contributed by atoms with Crippen molar-refractivity contribution in [1.29, 1.82) is 5.26 Å². The van der Waals surface area contributed by atoms with Crippen molar-refractivity contribution < 1.29 is 0 Å². The Labute approximate surface area is 145 Å². The van der Waals surface area contributed by atoms with Crippen molar-refractivity contribution in [1.82, 2.24) is 24.1 Å². The Balaban J connectivity index is 1.75. The Morgan fingerprint density at radius 1 is 1.39 bits per heavy atom. The molecule has 0 aromatic carbocycles. The third-order valence-corrected chi connectivity index (χ3v) is 5.75. The SMILES string of the molecule is N#Cc1c(Cl)nsc1Sc1nnc(-c2cccnc2)n1C1CC1. The van der Waals surface area contributed by atoms with Gasteiger partial charge in [-0.3, -0.25) is 9.55 Å². The first-order valence-corrected chi connectivity index (χ1v) is 8.83. The maximum atomic E-state index is 9.21. The van der Waals surface area contributed by atoms with Gasteiger partial charge in [0.05, 0.1) is 0 Å². The predicted octanol–water partition coefficient (Wildman–Crippen LogP) is 3.81. The number of aromatic nitrogens is 5. The van der Waals surface area contributed by atoms with Crippen molar-refractivity contribution in [2.75, 3.05) is 0 Å². The van der Waals surface area contributed by atoms with E-state index < -0.39 is 0 Å². The summed E-state index contributed by atoms with van der Waals surface area (Å²) in [6.45, 7) is 0. The summed E-state index contributed by atoms with van der Waals surface area (Å²) in [4.78, 5) is 4.15. The van der Waals surface area contributed by atoms with E-state index in [0.717, 1.165) is 33.6 Å². The van der Waals surface area contributed by atoms with Crippen molar-refractivity contribution in [2.45, 2.75) is 28.2 Å². The van der Waals surface area contributed by atoms with Gasteiger partial charge in [-0.1, -0.05) is 11.6 Å². The summed E-state index contributed by atoms with van der Waals surface area (Å²) in [5.41, 5.74) is 1.33. The molecule has 0 atom stereocenters. The van der Waals surface area contributed by atoms with Gasteiger partial charge >= 0.3 is 0 Å². The molecule has 4 rings (SSSR count). The van der Waals surface area contributed by atoms with E-state index in [-0.39, 0.29) is 5.15 Å². The molecule has 9 heteroatoms. The first-order chi connectivity index (χ1) is 11.3. The molecule has 0 spiro atoms. The van der Waals surface area contributed by atoms with Crippen molar-refractivity contribution in [3.8, 4) is 17.5 Å². The van der Waals surface area contributed by atoms with Crippen LogP contribution in [0.2, 0.25) is 5.15 Å². The standard InChI is InChI=1S/C14H9ClN6S2/c15-11-10(6-16)13(23-20-11)22-14-19-18-12(21(14)9-3-4-9)8-2-1-5-17-7-8/h1-2,5,7,9H,3-4H2. The van der Waals surface area contributed by atoms with Crippen LogP contribution in [0, 0.1) is 11.3 Å². The molecule has 0 unspecified atom stereocenters. The predicted molar refractivity (Wildman–Crippen MR) is 87.5 cm³/mol. The van der Waals surface area contributed by atoms with E-state index in [0.29, 0.717) is 11.6 Å². The summed E-state index contributed by atoms with van der Waals surface area (Å²) in [6, 6.07) is 6.34. The second-order valence-electron chi connectivity index (χ2n) is 5.00. The van der Waals surface area contributed by atoms with Crippen LogP contribution in [0.4, 0.5) is 0 Å². The Kier molecular flexibility index (Phi) is 3.77. The fourth-order valence-corrected chi connectivity index (χ4v) is 4.35. The molecule has 0 amide bonds. The summed E-state index contributed by atoms with van der Waals surface area (Å²) < 4.78 is 6.90. The van der Waals surface area contributed by atoms with Gasteiger partial charge in [0.1, 0.15) is 15.8 Å². The molecule has 6 nitrogen and oxygen atoms in total. The highest BCUT2D eigenvalue weighted by atomic mass is 35.5. The van der Waals surface area contributed by atoms with Gasteiger partial charge in [-0.15, -0.1) is 10.2 Å². The van der Waals surface area contributed by atoms with Crippen LogP contribution in [-0.4, -0.2) is 24.1 Å². The zero-order valence-corrected chi connectivity index (χ0v) is 14.1. The average Bonchev–Trinajstić information content (AvgIpc) is 3.24. The van der Waals surface area contributed by atoms with Gasteiger partial charge in [-0.2, -0.15) is 9.64 Å². The van der Waals surface area contributed by atoms with Gasteiger partial charge < -0.3 is 0 Å². The number of hydrogen-bond acceptors (Lipinski definition) is 7.